The number of urea groups is 1. The third-order valence-electron chi connectivity index (χ3n) is 5.86. The molecule has 0 aliphatic carbocycles. The Bertz CT molecular complexity index is 1290. The Morgan fingerprint density at radius 1 is 1.11 bits per heavy atom. The van der Waals surface area contributed by atoms with Gasteiger partial charge in [-0.2, -0.15) is 0 Å². The molecule has 0 spiro atoms. The lowest BCUT2D eigenvalue weighted by Crippen LogP contribution is -2.43. The topological polar surface area (TPSA) is 92.2 Å². The highest BCUT2D eigenvalue weighted by Crippen LogP contribution is 2.38. The van der Waals surface area contributed by atoms with E-state index in [0.29, 0.717) is 0 Å². The van der Waals surface area contributed by atoms with Crippen molar-refractivity contribution in [2.24, 2.45) is 0 Å². The largest absolute Gasteiger partial charge is 0.573 e. The number of methoxy groups -OCH3 is 1. The zero-order valence-corrected chi connectivity index (χ0v) is 19.0. The van der Waals surface area contributed by atoms with Crippen molar-refractivity contribution < 1.29 is 37.3 Å². The number of aliphatic hydroxyl groups excluding tert-OH is 1. The van der Waals surface area contributed by atoms with Crippen molar-refractivity contribution >= 4 is 28.5 Å². The minimum Gasteiger partial charge on any atom is -0.405 e. The molecule has 1 unspecified atom stereocenters. The van der Waals surface area contributed by atoms with Crippen LogP contribution >= 0.6 is 0 Å². The Kier molecular flexibility index (Phi) is 6.16. The van der Waals surface area contributed by atoms with Gasteiger partial charge in [-0.1, -0.05) is 18.2 Å². The van der Waals surface area contributed by atoms with Gasteiger partial charge in [-0.05, 0) is 49.7 Å². The highest BCUT2D eigenvalue weighted by molar-refractivity contribution is 6.23. The number of rotatable bonds is 6. The summed E-state index contributed by atoms with van der Waals surface area (Å²) in [5.41, 5.74) is -0.176. The summed E-state index contributed by atoms with van der Waals surface area (Å²) in [5.74, 6) is -1.29. The van der Waals surface area contributed by atoms with E-state index in [2.05, 4.69) is 9.72 Å². The van der Waals surface area contributed by atoms with E-state index >= 15 is 0 Å². The number of nitrogens with zero attached hydrogens (tertiary/aromatic N) is 3. The van der Waals surface area contributed by atoms with Crippen LogP contribution in [0.5, 0.6) is 5.75 Å². The fraction of sp³-hybridized carbons (Fsp3) is 0.292. The lowest BCUT2D eigenvalue weighted by atomic mass is 10.0. The summed E-state index contributed by atoms with van der Waals surface area (Å²) in [7, 11) is 1.09. The summed E-state index contributed by atoms with van der Waals surface area (Å²) in [6.07, 6.45) is -5.19. The molecule has 1 atom stereocenters. The molecule has 4 rings (SSSR count). The van der Waals surface area contributed by atoms with Crippen LogP contribution in [0.3, 0.4) is 0 Å². The number of para-hydroxylation sites is 1. The molecule has 0 radical (unpaired) electrons. The van der Waals surface area contributed by atoms with Gasteiger partial charge in [0, 0.05) is 25.2 Å². The van der Waals surface area contributed by atoms with Gasteiger partial charge in [0.15, 0.2) is 6.29 Å². The van der Waals surface area contributed by atoms with Crippen molar-refractivity contribution in [1.82, 2.24) is 9.88 Å². The monoisotopic (exact) mass is 489 g/mol. The molecule has 184 valence electrons. The Morgan fingerprint density at radius 2 is 1.83 bits per heavy atom. The number of hydrogen-bond donors (Lipinski definition) is 1. The van der Waals surface area contributed by atoms with Gasteiger partial charge < -0.3 is 19.5 Å². The first kappa shape index (κ1) is 24.4. The fourth-order valence-corrected chi connectivity index (χ4v) is 4.00. The van der Waals surface area contributed by atoms with Gasteiger partial charge in [0.25, 0.3) is 5.91 Å². The third-order valence-corrected chi connectivity index (χ3v) is 5.86. The molecule has 1 aromatic heterocycles. The van der Waals surface area contributed by atoms with E-state index in [-0.39, 0.29) is 17.8 Å². The summed E-state index contributed by atoms with van der Waals surface area (Å²) in [4.78, 5) is 33.3. The van der Waals surface area contributed by atoms with Crippen molar-refractivity contribution in [3.8, 4) is 5.75 Å². The first-order valence-corrected chi connectivity index (χ1v) is 10.5. The van der Waals surface area contributed by atoms with Crippen molar-refractivity contribution in [3.63, 3.8) is 0 Å². The molecular weight excluding hydrogens is 467 g/mol. The number of fused-ring (bicyclic) bond motifs is 1. The van der Waals surface area contributed by atoms with Crippen LogP contribution in [0, 0.1) is 0 Å². The van der Waals surface area contributed by atoms with Crippen LogP contribution in [-0.2, 0) is 16.1 Å². The van der Waals surface area contributed by atoms with Crippen molar-refractivity contribution in [3.05, 3.63) is 65.9 Å². The number of hydrogen-bond acceptors (Lipinski definition) is 6. The second-order valence-electron chi connectivity index (χ2n) is 8.41. The van der Waals surface area contributed by atoms with E-state index in [1.165, 1.54) is 4.90 Å². The zero-order chi connectivity index (χ0) is 25.5. The van der Waals surface area contributed by atoms with E-state index in [1.807, 2.05) is 24.3 Å². The second kappa shape index (κ2) is 8.82. The molecule has 0 bridgehead atoms. The Labute approximate surface area is 198 Å². The van der Waals surface area contributed by atoms with Crippen molar-refractivity contribution in [2.75, 3.05) is 12.0 Å². The molecule has 0 saturated carbocycles. The Hall–Kier alpha value is -3.70. The molecule has 3 amide bonds. The number of carbonyl (C=O) groups is 2. The highest BCUT2D eigenvalue weighted by atomic mass is 19.4. The highest BCUT2D eigenvalue weighted by Gasteiger charge is 2.52. The predicted octanol–water partition coefficient (Wildman–Crippen LogP) is 4.52. The van der Waals surface area contributed by atoms with Gasteiger partial charge in [-0.3, -0.25) is 9.78 Å². The fourth-order valence-electron chi connectivity index (χ4n) is 4.00. The number of imide groups is 1. The van der Waals surface area contributed by atoms with E-state index in [1.54, 1.807) is 26.1 Å². The molecule has 11 heteroatoms. The first-order chi connectivity index (χ1) is 16.4. The molecule has 1 fully saturated rings. The van der Waals surface area contributed by atoms with E-state index in [9.17, 15) is 27.9 Å². The smallest absolute Gasteiger partial charge is 0.405 e. The average molecular weight is 489 g/mol. The minimum absolute atomic E-state index is 0.0317. The second-order valence-corrected chi connectivity index (χ2v) is 8.41. The average Bonchev–Trinajstić information content (AvgIpc) is 2.97. The van der Waals surface area contributed by atoms with Gasteiger partial charge in [0.05, 0.1) is 16.8 Å². The van der Waals surface area contributed by atoms with Crippen LogP contribution < -0.4 is 9.64 Å². The third kappa shape index (κ3) is 4.52. The maximum atomic E-state index is 13.4. The number of aliphatic hydroxyl groups is 1. The number of amides is 3. The zero-order valence-electron chi connectivity index (χ0n) is 19.0. The number of anilines is 1. The molecular formula is C24H22F3N3O5. The predicted molar refractivity (Wildman–Crippen MR) is 119 cm³/mol. The summed E-state index contributed by atoms with van der Waals surface area (Å²) < 4.78 is 47.1. The Morgan fingerprint density at radius 3 is 2.51 bits per heavy atom. The van der Waals surface area contributed by atoms with Crippen LogP contribution in [0.1, 0.15) is 31.3 Å². The number of pyridine rings is 1. The summed E-state index contributed by atoms with van der Waals surface area (Å²) in [6, 6.07) is 11.6. The summed E-state index contributed by atoms with van der Waals surface area (Å²) in [6.45, 7) is 3.27. The van der Waals surface area contributed by atoms with Crippen LogP contribution in [-0.4, -0.2) is 45.9 Å². The Balaban J connectivity index is 1.72. The van der Waals surface area contributed by atoms with Gasteiger partial charge in [-0.25, -0.2) is 9.69 Å². The number of carbonyl (C=O) groups excluding carboxylic acids is 2. The SMILES string of the molecule is COC(O)c1cc(N2C(=O)N(Cc3ccnc4ccccc34)C(C)(C)C2=O)ccc1OC(F)(F)F. The van der Waals surface area contributed by atoms with Crippen LogP contribution in [0.4, 0.5) is 23.7 Å². The standard InChI is InChI=1S/C24H22F3N3O5/c1-23(2)21(32)30(15-8-9-19(35-24(25,26)27)17(12-15)20(31)34-3)22(33)29(23)13-14-10-11-28-18-7-5-4-6-16(14)18/h4-12,20,31H,13H2,1-3H3. The maximum Gasteiger partial charge on any atom is 0.573 e. The quantitative estimate of drug-likeness (QED) is 0.405. The molecule has 8 nitrogen and oxygen atoms in total. The molecule has 1 aliphatic heterocycles. The number of ether oxygens (including phenoxy) is 2. The molecule has 35 heavy (non-hydrogen) atoms. The lowest BCUT2D eigenvalue weighted by Gasteiger charge is -2.28. The molecule has 1 aliphatic rings. The summed E-state index contributed by atoms with van der Waals surface area (Å²) in [5, 5.41) is 10.9. The minimum atomic E-state index is -5.02. The van der Waals surface area contributed by atoms with Crippen LogP contribution in [0.15, 0.2) is 54.7 Å². The molecule has 2 aromatic carbocycles. The number of halogens is 3. The number of benzene rings is 2. The normalized spacial score (nSPS) is 16.8. The van der Waals surface area contributed by atoms with Gasteiger partial charge in [0.1, 0.15) is 11.3 Å². The van der Waals surface area contributed by atoms with Crippen molar-refractivity contribution in [2.45, 2.75) is 38.6 Å². The van der Waals surface area contributed by atoms with E-state index in [0.717, 1.165) is 46.7 Å². The van der Waals surface area contributed by atoms with Crippen LogP contribution in [0.25, 0.3) is 10.9 Å². The maximum absolute atomic E-state index is 13.4. The first-order valence-electron chi connectivity index (χ1n) is 10.5. The van der Waals surface area contributed by atoms with Gasteiger partial charge in [-0.15, -0.1) is 13.2 Å². The molecule has 1 N–H and O–H groups in total. The molecule has 2 heterocycles. The van der Waals surface area contributed by atoms with Crippen molar-refractivity contribution in [1.29, 1.82) is 0 Å². The van der Waals surface area contributed by atoms with Gasteiger partial charge in [0.2, 0.25) is 0 Å². The lowest BCUT2D eigenvalue weighted by molar-refractivity contribution is -0.275. The van der Waals surface area contributed by atoms with E-state index < -0.39 is 35.9 Å². The van der Waals surface area contributed by atoms with Crippen LogP contribution in [0.2, 0.25) is 0 Å². The molecule has 1 saturated heterocycles. The summed E-state index contributed by atoms with van der Waals surface area (Å²) >= 11 is 0. The van der Waals surface area contributed by atoms with E-state index in [4.69, 9.17) is 4.74 Å². The number of alkyl halides is 3. The molecule has 3 aromatic rings. The van der Waals surface area contributed by atoms with Gasteiger partial charge >= 0.3 is 12.4 Å². The number of aromatic nitrogens is 1.